The minimum Gasteiger partial charge on any atom is -0.361 e. The Morgan fingerprint density at radius 3 is 2.38 bits per heavy atom. The van der Waals surface area contributed by atoms with E-state index in [1.165, 1.54) is 12.8 Å². The Kier molecular flexibility index (Phi) is 14.4. The molecule has 0 aromatic heterocycles. The average molecular weight is 227 g/mol. The minimum absolute atomic E-state index is 0. The van der Waals surface area contributed by atoms with Crippen LogP contribution in [-0.4, -0.2) is 18.4 Å². The second-order valence-corrected chi connectivity index (χ2v) is 3.16. The summed E-state index contributed by atoms with van der Waals surface area (Å²) >= 11 is 5.79. The predicted octanol–water partition coefficient (Wildman–Crippen LogP) is 3.19. The van der Waals surface area contributed by atoms with Crippen LogP contribution in [0.4, 0.5) is 0 Å². The summed E-state index contributed by atoms with van der Waals surface area (Å²) in [6, 6.07) is 0. The first-order valence-corrected chi connectivity index (χ1v) is 5.12. The molecule has 0 spiro atoms. The van der Waals surface area contributed by atoms with Crippen LogP contribution >= 0.6 is 24.0 Å². The maximum absolute atomic E-state index is 5.79. The topological polar surface area (TPSA) is 24.4 Å². The highest BCUT2D eigenvalue weighted by Gasteiger charge is 1.90. The monoisotopic (exact) mass is 226 g/mol. The Balaban J connectivity index is 0. The molecular formula is C9H20Cl2N2. The van der Waals surface area contributed by atoms with Gasteiger partial charge >= 0.3 is 0 Å². The van der Waals surface area contributed by atoms with Crippen molar-refractivity contribution < 1.29 is 0 Å². The molecule has 0 saturated carbocycles. The molecule has 0 atom stereocenters. The van der Waals surface area contributed by atoms with E-state index in [1.54, 1.807) is 0 Å². The molecule has 1 N–H and O–H groups in total. The molecule has 13 heavy (non-hydrogen) atoms. The third kappa shape index (κ3) is 12.1. The van der Waals surface area contributed by atoms with Crippen LogP contribution in [0.5, 0.6) is 0 Å². The highest BCUT2D eigenvalue weighted by molar-refractivity contribution is 6.64. The molecule has 0 saturated heterocycles. The first-order valence-electron chi connectivity index (χ1n) is 4.75. The van der Waals surface area contributed by atoms with Gasteiger partial charge in [0.15, 0.2) is 5.29 Å². The molecule has 0 radical (unpaired) electrons. The van der Waals surface area contributed by atoms with Crippen LogP contribution in [0.2, 0.25) is 0 Å². The van der Waals surface area contributed by atoms with Gasteiger partial charge in [0.05, 0.1) is 0 Å². The van der Waals surface area contributed by atoms with Crippen LogP contribution in [0.1, 0.15) is 39.5 Å². The van der Waals surface area contributed by atoms with Gasteiger partial charge in [0, 0.05) is 13.1 Å². The van der Waals surface area contributed by atoms with Crippen molar-refractivity contribution in [2.24, 2.45) is 4.99 Å². The molecule has 0 unspecified atom stereocenters. The minimum atomic E-state index is 0. The van der Waals surface area contributed by atoms with E-state index in [1.807, 2.05) is 0 Å². The average Bonchev–Trinajstić information content (AvgIpc) is 2.06. The van der Waals surface area contributed by atoms with Gasteiger partial charge in [-0.1, -0.05) is 26.7 Å². The quantitative estimate of drug-likeness (QED) is 0.320. The van der Waals surface area contributed by atoms with Crippen molar-refractivity contribution in [1.82, 2.24) is 5.32 Å². The smallest absolute Gasteiger partial charge is 0.191 e. The Hall–Kier alpha value is 0.0500. The fourth-order valence-electron chi connectivity index (χ4n) is 0.760. The number of unbranched alkanes of at least 4 members (excludes halogenated alkanes) is 2. The summed E-state index contributed by atoms with van der Waals surface area (Å²) in [6.45, 7) is 6.08. The first-order chi connectivity index (χ1) is 5.81. The van der Waals surface area contributed by atoms with Crippen molar-refractivity contribution in [2.45, 2.75) is 39.5 Å². The summed E-state index contributed by atoms with van der Waals surface area (Å²) in [6.07, 6.45) is 4.62. The van der Waals surface area contributed by atoms with E-state index < -0.39 is 0 Å². The van der Waals surface area contributed by atoms with Gasteiger partial charge in [0.2, 0.25) is 0 Å². The second kappa shape index (κ2) is 12.0. The lowest BCUT2D eigenvalue weighted by molar-refractivity contribution is 0.751. The van der Waals surface area contributed by atoms with Gasteiger partial charge in [-0.15, -0.1) is 12.4 Å². The molecule has 0 rings (SSSR count). The Morgan fingerprint density at radius 1 is 1.23 bits per heavy atom. The highest BCUT2D eigenvalue weighted by atomic mass is 35.5. The fourth-order valence-corrected chi connectivity index (χ4v) is 0.939. The summed E-state index contributed by atoms with van der Waals surface area (Å²) < 4.78 is 0. The molecule has 0 bridgehead atoms. The third-order valence-electron chi connectivity index (χ3n) is 1.56. The van der Waals surface area contributed by atoms with Crippen LogP contribution < -0.4 is 5.32 Å². The Bertz CT molecular complexity index is 127. The number of amidine groups is 1. The summed E-state index contributed by atoms with van der Waals surface area (Å²) in [5.74, 6) is 0. The van der Waals surface area contributed by atoms with Crippen LogP contribution in [0, 0.1) is 0 Å². The van der Waals surface area contributed by atoms with E-state index >= 15 is 0 Å². The maximum atomic E-state index is 5.79. The molecule has 0 amide bonds. The molecule has 0 heterocycles. The maximum Gasteiger partial charge on any atom is 0.191 e. The zero-order valence-electron chi connectivity index (χ0n) is 8.48. The Morgan fingerprint density at radius 2 is 1.85 bits per heavy atom. The normalized spacial score (nSPS) is 10.8. The SMILES string of the molecule is CCCCN=C(Cl)NCCCC.Cl. The zero-order chi connectivity index (χ0) is 9.23. The Labute approximate surface area is 92.6 Å². The number of halogens is 2. The van der Waals surface area contributed by atoms with Gasteiger partial charge in [-0.3, -0.25) is 4.99 Å². The largest absolute Gasteiger partial charge is 0.361 e. The van der Waals surface area contributed by atoms with E-state index in [4.69, 9.17) is 11.6 Å². The van der Waals surface area contributed by atoms with Gasteiger partial charge < -0.3 is 5.32 Å². The number of rotatable bonds is 6. The van der Waals surface area contributed by atoms with Gasteiger partial charge in [0.25, 0.3) is 0 Å². The number of nitrogens with one attached hydrogen (secondary N) is 1. The summed E-state index contributed by atoms with van der Waals surface area (Å²) in [7, 11) is 0. The molecule has 2 nitrogen and oxygen atoms in total. The number of hydrogen-bond donors (Lipinski definition) is 1. The highest BCUT2D eigenvalue weighted by Crippen LogP contribution is 1.90. The van der Waals surface area contributed by atoms with E-state index in [-0.39, 0.29) is 12.4 Å². The zero-order valence-corrected chi connectivity index (χ0v) is 10.0. The summed E-state index contributed by atoms with van der Waals surface area (Å²) in [4.78, 5) is 4.16. The molecule has 0 aromatic carbocycles. The van der Waals surface area contributed by atoms with Crippen LogP contribution in [-0.2, 0) is 0 Å². The van der Waals surface area contributed by atoms with Gasteiger partial charge in [-0.2, -0.15) is 0 Å². The number of hydrogen-bond acceptors (Lipinski definition) is 1. The van der Waals surface area contributed by atoms with Crippen molar-refractivity contribution in [3.05, 3.63) is 0 Å². The van der Waals surface area contributed by atoms with Crippen LogP contribution in [0.3, 0.4) is 0 Å². The lowest BCUT2D eigenvalue weighted by Gasteiger charge is -2.01. The summed E-state index contributed by atoms with van der Waals surface area (Å²) in [5, 5.41) is 3.62. The van der Waals surface area contributed by atoms with Gasteiger partial charge in [-0.25, -0.2) is 0 Å². The van der Waals surface area contributed by atoms with E-state index in [9.17, 15) is 0 Å². The standard InChI is InChI=1S/C9H19ClN2.ClH/c1-3-5-7-11-9(10)12-8-6-4-2;/h3-8H2,1-2H3,(H,11,12);1H. The van der Waals surface area contributed by atoms with Crippen molar-refractivity contribution in [2.75, 3.05) is 13.1 Å². The number of nitrogens with zero attached hydrogens (tertiary/aromatic N) is 1. The van der Waals surface area contributed by atoms with Crippen molar-refractivity contribution in [1.29, 1.82) is 0 Å². The molecule has 4 heteroatoms. The number of aliphatic imine (C=N–C) groups is 1. The molecule has 80 valence electrons. The third-order valence-corrected chi connectivity index (χ3v) is 1.82. The van der Waals surface area contributed by atoms with E-state index in [2.05, 4.69) is 24.2 Å². The van der Waals surface area contributed by atoms with E-state index in [0.29, 0.717) is 5.29 Å². The molecule has 0 aliphatic rings. The lowest BCUT2D eigenvalue weighted by atomic mass is 10.3. The second-order valence-electron chi connectivity index (χ2n) is 2.81. The van der Waals surface area contributed by atoms with Gasteiger partial charge in [0.1, 0.15) is 0 Å². The van der Waals surface area contributed by atoms with Crippen LogP contribution in [0.25, 0.3) is 0 Å². The summed E-state index contributed by atoms with van der Waals surface area (Å²) in [5.41, 5.74) is 0. The molecular weight excluding hydrogens is 207 g/mol. The molecule has 0 aromatic rings. The predicted molar refractivity (Wildman–Crippen MR) is 63.2 cm³/mol. The van der Waals surface area contributed by atoms with Crippen molar-refractivity contribution >= 4 is 29.3 Å². The first kappa shape index (κ1) is 15.5. The molecule has 0 fully saturated rings. The van der Waals surface area contributed by atoms with Crippen LogP contribution in [0.15, 0.2) is 4.99 Å². The van der Waals surface area contributed by atoms with E-state index in [0.717, 1.165) is 25.9 Å². The van der Waals surface area contributed by atoms with Gasteiger partial charge in [-0.05, 0) is 24.4 Å². The molecule has 0 aliphatic carbocycles. The lowest BCUT2D eigenvalue weighted by Crippen LogP contribution is -2.19. The van der Waals surface area contributed by atoms with Crippen molar-refractivity contribution in [3.63, 3.8) is 0 Å². The molecule has 0 aliphatic heterocycles. The van der Waals surface area contributed by atoms with Crippen molar-refractivity contribution in [3.8, 4) is 0 Å². The fraction of sp³-hybridized carbons (Fsp3) is 0.889.